The number of rotatable bonds is 1. The van der Waals surface area contributed by atoms with Gasteiger partial charge in [-0.2, -0.15) is 0 Å². The molecule has 8 atom stereocenters. The Morgan fingerprint density at radius 3 is 2.57 bits per heavy atom. The molecule has 2 unspecified atom stereocenters. The van der Waals surface area contributed by atoms with Crippen LogP contribution in [-0.4, -0.2) is 17.0 Å². The Morgan fingerprint density at radius 1 is 0.929 bits per heavy atom. The summed E-state index contributed by atoms with van der Waals surface area (Å²) in [4.78, 5) is 13.1. The zero-order valence-corrected chi connectivity index (χ0v) is 17.4. The number of hydrogen-bond acceptors (Lipinski definition) is 3. The lowest BCUT2D eigenvalue weighted by Gasteiger charge is -2.61. The summed E-state index contributed by atoms with van der Waals surface area (Å²) >= 11 is 0. The summed E-state index contributed by atoms with van der Waals surface area (Å²) in [5, 5.41) is 14.1. The molecule has 28 heavy (non-hydrogen) atoms. The first-order valence-corrected chi connectivity index (χ1v) is 11.5. The van der Waals surface area contributed by atoms with Crippen molar-refractivity contribution in [2.45, 2.75) is 71.3 Å². The average molecular weight is 382 g/mol. The lowest BCUT2D eigenvalue weighted by atomic mass is 9.43. The third kappa shape index (κ3) is 2.54. The van der Waals surface area contributed by atoms with E-state index in [4.69, 9.17) is 0 Å². The fraction of sp³-hybridized carbons (Fsp3) is 0.720. The molecule has 0 saturated heterocycles. The van der Waals surface area contributed by atoms with Gasteiger partial charge in [0.05, 0.1) is 12.0 Å². The second-order valence-electron chi connectivity index (χ2n) is 10.7. The number of fused-ring (bicyclic) bond motifs is 5. The van der Waals surface area contributed by atoms with Crippen LogP contribution in [-0.2, 0) is 4.79 Å². The molecule has 3 nitrogen and oxygen atoms in total. The zero-order chi connectivity index (χ0) is 19.5. The predicted octanol–water partition coefficient (Wildman–Crippen LogP) is 4.74. The Morgan fingerprint density at radius 2 is 1.71 bits per heavy atom. The first-order valence-electron chi connectivity index (χ1n) is 11.5. The van der Waals surface area contributed by atoms with E-state index in [1.54, 1.807) is 0 Å². The summed E-state index contributed by atoms with van der Waals surface area (Å²) in [6.07, 6.45) is 18.8. The topological polar surface area (TPSA) is 49.3 Å². The van der Waals surface area contributed by atoms with Gasteiger partial charge in [0.2, 0.25) is 0 Å². The molecule has 2 N–H and O–H groups in total. The molecule has 1 heterocycles. The number of aliphatic hydroxyl groups excluding tert-OH is 1. The number of Topliss-reactive ketones (excluding diaryl/α,β-unsaturated/α-hetero) is 1. The highest BCUT2D eigenvalue weighted by Gasteiger charge is 2.61. The molecule has 5 aliphatic rings. The van der Waals surface area contributed by atoms with Crippen LogP contribution in [0.2, 0.25) is 0 Å². The Bertz CT molecular complexity index is 752. The van der Waals surface area contributed by atoms with Gasteiger partial charge in [-0.3, -0.25) is 4.79 Å². The van der Waals surface area contributed by atoms with Crippen LogP contribution >= 0.6 is 0 Å². The Balaban J connectivity index is 1.47. The molecule has 4 fully saturated rings. The predicted molar refractivity (Wildman–Crippen MR) is 111 cm³/mol. The lowest BCUT2D eigenvalue weighted by Crippen LogP contribution is -2.57. The first kappa shape index (κ1) is 18.7. The number of carbonyl (C=O) groups excluding carboxylic acids is 1. The molecule has 0 aromatic carbocycles. The lowest BCUT2D eigenvalue weighted by molar-refractivity contribution is -0.150. The van der Waals surface area contributed by atoms with Gasteiger partial charge in [0.1, 0.15) is 5.78 Å². The Hall–Kier alpha value is -1.35. The third-order valence-corrected chi connectivity index (χ3v) is 9.73. The minimum absolute atomic E-state index is 0.0228. The van der Waals surface area contributed by atoms with Crippen molar-refractivity contribution in [1.29, 1.82) is 0 Å². The van der Waals surface area contributed by atoms with Gasteiger partial charge in [-0.05, 0) is 91.6 Å². The molecule has 0 aromatic rings. The minimum Gasteiger partial charge on any atom is -0.393 e. The van der Waals surface area contributed by atoms with Crippen molar-refractivity contribution >= 4 is 5.78 Å². The van der Waals surface area contributed by atoms with Crippen LogP contribution in [0.5, 0.6) is 0 Å². The smallest absolute Gasteiger partial charge is 0.142 e. The number of nitrogens with one attached hydrogen (secondary N) is 1. The van der Waals surface area contributed by atoms with E-state index < -0.39 is 0 Å². The molecule has 0 amide bonds. The molecular weight excluding hydrogens is 346 g/mol. The summed E-state index contributed by atoms with van der Waals surface area (Å²) in [6.45, 7) is 4.86. The van der Waals surface area contributed by atoms with E-state index in [0.29, 0.717) is 23.5 Å². The van der Waals surface area contributed by atoms with Gasteiger partial charge >= 0.3 is 0 Å². The molecule has 3 heteroatoms. The van der Waals surface area contributed by atoms with E-state index in [1.807, 2.05) is 18.4 Å². The van der Waals surface area contributed by atoms with Crippen molar-refractivity contribution in [2.24, 2.45) is 40.4 Å². The number of hydrogen-bond donors (Lipinski definition) is 2. The number of ketones is 1. The van der Waals surface area contributed by atoms with E-state index in [2.05, 4.69) is 31.3 Å². The van der Waals surface area contributed by atoms with E-state index in [1.165, 1.54) is 19.3 Å². The highest BCUT2D eigenvalue weighted by atomic mass is 16.3. The molecule has 0 spiro atoms. The highest BCUT2D eigenvalue weighted by molar-refractivity contribution is 5.85. The molecule has 152 valence electrons. The van der Waals surface area contributed by atoms with Crippen LogP contribution in [0.1, 0.15) is 65.2 Å². The van der Waals surface area contributed by atoms with Crippen LogP contribution in [0, 0.1) is 40.4 Å². The minimum atomic E-state index is -0.108. The van der Waals surface area contributed by atoms with E-state index in [-0.39, 0.29) is 22.9 Å². The monoisotopic (exact) mass is 381 g/mol. The molecule has 0 radical (unpaired) electrons. The summed E-state index contributed by atoms with van der Waals surface area (Å²) < 4.78 is 0. The summed E-state index contributed by atoms with van der Waals surface area (Å²) in [6, 6.07) is 0. The highest BCUT2D eigenvalue weighted by Crippen LogP contribution is 2.67. The summed E-state index contributed by atoms with van der Waals surface area (Å²) in [7, 11) is 0. The molecule has 1 aliphatic heterocycles. The van der Waals surface area contributed by atoms with Gasteiger partial charge < -0.3 is 10.4 Å². The maximum Gasteiger partial charge on any atom is 0.142 e. The van der Waals surface area contributed by atoms with Gasteiger partial charge in [0.15, 0.2) is 0 Å². The van der Waals surface area contributed by atoms with Crippen molar-refractivity contribution in [3.05, 3.63) is 36.2 Å². The van der Waals surface area contributed by atoms with Crippen LogP contribution in [0.25, 0.3) is 0 Å². The third-order valence-electron chi connectivity index (χ3n) is 9.73. The summed E-state index contributed by atoms with van der Waals surface area (Å²) in [5.74, 6) is 3.03. The van der Waals surface area contributed by atoms with E-state index in [9.17, 15) is 9.90 Å². The van der Waals surface area contributed by atoms with E-state index in [0.717, 1.165) is 43.7 Å². The largest absolute Gasteiger partial charge is 0.393 e. The van der Waals surface area contributed by atoms with Gasteiger partial charge in [-0.25, -0.2) is 0 Å². The fourth-order valence-electron chi connectivity index (χ4n) is 8.20. The fourth-order valence-corrected chi connectivity index (χ4v) is 8.20. The first-order chi connectivity index (χ1) is 13.4. The van der Waals surface area contributed by atoms with Crippen molar-refractivity contribution in [3.63, 3.8) is 0 Å². The SMILES string of the molecule is C[C@]12CC[C@H]3[C@@H](CCC4C(C5=CC=CC=CN5)C(=O)CC[C@@]43C)[C@@H]1CC[C@@H]2O. The number of carbonyl (C=O) groups is 1. The van der Waals surface area contributed by atoms with Crippen LogP contribution in [0.15, 0.2) is 36.2 Å². The summed E-state index contributed by atoms with van der Waals surface area (Å²) in [5.41, 5.74) is 1.48. The van der Waals surface area contributed by atoms with Crippen molar-refractivity contribution < 1.29 is 9.90 Å². The maximum atomic E-state index is 13.1. The van der Waals surface area contributed by atoms with Gasteiger partial charge in [0, 0.05) is 18.3 Å². The molecular formula is C25H35NO2. The van der Waals surface area contributed by atoms with E-state index >= 15 is 0 Å². The van der Waals surface area contributed by atoms with Crippen LogP contribution in [0.3, 0.4) is 0 Å². The quantitative estimate of drug-likeness (QED) is 0.689. The maximum absolute atomic E-state index is 13.1. The molecule has 0 aromatic heterocycles. The van der Waals surface area contributed by atoms with Crippen LogP contribution in [0.4, 0.5) is 0 Å². The average Bonchev–Trinajstić information content (AvgIpc) is 2.86. The number of aliphatic hydroxyl groups is 1. The Kier molecular flexibility index (Phi) is 4.39. The van der Waals surface area contributed by atoms with Gasteiger partial charge in [-0.1, -0.05) is 26.0 Å². The zero-order valence-electron chi connectivity index (χ0n) is 17.4. The second-order valence-corrected chi connectivity index (χ2v) is 10.7. The van der Waals surface area contributed by atoms with Crippen molar-refractivity contribution in [3.8, 4) is 0 Å². The van der Waals surface area contributed by atoms with Crippen molar-refractivity contribution in [2.75, 3.05) is 0 Å². The Labute approximate surface area is 169 Å². The van der Waals surface area contributed by atoms with Crippen molar-refractivity contribution in [1.82, 2.24) is 5.32 Å². The molecule has 0 bridgehead atoms. The normalized spacial score (nSPS) is 50.1. The molecule has 4 aliphatic carbocycles. The molecule has 4 saturated carbocycles. The standard InChI is InChI=1S/C25H35NO2/c1-24-14-12-21(27)23(20-6-4-3-5-15-26-20)19(24)8-7-16-17-9-10-22(28)25(17,2)13-11-18(16)24/h3-6,15-19,22-23,26,28H,7-14H2,1-2H3/t16-,17-,18-,19?,22-,23?,24+,25-/m0/s1. The second kappa shape index (κ2) is 6.58. The van der Waals surface area contributed by atoms with Crippen LogP contribution < -0.4 is 5.32 Å². The number of allylic oxidation sites excluding steroid dienone is 5. The molecule has 5 rings (SSSR count). The van der Waals surface area contributed by atoms with Gasteiger partial charge in [0.25, 0.3) is 0 Å². The van der Waals surface area contributed by atoms with Gasteiger partial charge in [-0.15, -0.1) is 0 Å².